The minimum absolute atomic E-state index is 0.0501. The van der Waals surface area contributed by atoms with Gasteiger partial charge in [-0.05, 0) is 55.8 Å². The van der Waals surface area contributed by atoms with Gasteiger partial charge in [0.2, 0.25) is 0 Å². The predicted octanol–water partition coefficient (Wildman–Crippen LogP) is 3.33. The largest absolute Gasteiger partial charge is 0.350 e. The number of carbonyl (C=O) groups is 2. The van der Waals surface area contributed by atoms with Crippen molar-refractivity contribution < 1.29 is 18.9 Å². The molecule has 1 aliphatic heterocycles. The van der Waals surface area contributed by atoms with E-state index < -0.39 is 22.6 Å². The van der Waals surface area contributed by atoms with Crippen molar-refractivity contribution in [3.05, 3.63) is 75.7 Å². The van der Waals surface area contributed by atoms with Crippen LogP contribution < -0.4 is 5.32 Å². The van der Waals surface area contributed by atoms with E-state index in [-0.39, 0.29) is 23.0 Å². The van der Waals surface area contributed by atoms with Gasteiger partial charge < -0.3 is 5.32 Å². The van der Waals surface area contributed by atoms with Crippen molar-refractivity contribution in [3.63, 3.8) is 0 Å². The second-order valence-corrected chi connectivity index (χ2v) is 6.26. The lowest BCUT2D eigenvalue weighted by molar-refractivity contribution is -0.384. The van der Waals surface area contributed by atoms with Gasteiger partial charge in [-0.3, -0.25) is 24.6 Å². The van der Waals surface area contributed by atoms with Gasteiger partial charge in [0.05, 0.1) is 10.5 Å². The van der Waals surface area contributed by atoms with Crippen LogP contribution in [0.25, 0.3) is 5.57 Å². The fraction of sp³-hybridized carbons (Fsp3) is 0.158. The highest BCUT2D eigenvalue weighted by Crippen LogP contribution is 2.32. The average molecular weight is 369 g/mol. The number of anilines is 1. The number of nitro groups is 1. The first-order valence-corrected chi connectivity index (χ1v) is 8.19. The van der Waals surface area contributed by atoms with Gasteiger partial charge in [0.15, 0.2) is 0 Å². The van der Waals surface area contributed by atoms with Gasteiger partial charge in [0.25, 0.3) is 17.5 Å². The zero-order chi connectivity index (χ0) is 19.7. The number of halogens is 1. The molecule has 138 valence electrons. The topological polar surface area (TPSA) is 92.6 Å². The highest BCUT2D eigenvalue weighted by Gasteiger charge is 2.40. The predicted molar refractivity (Wildman–Crippen MR) is 97.0 cm³/mol. The molecule has 3 rings (SSSR count). The van der Waals surface area contributed by atoms with E-state index in [1.165, 1.54) is 48.5 Å². The van der Waals surface area contributed by atoms with Crippen molar-refractivity contribution in [2.45, 2.75) is 19.9 Å². The summed E-state index contributed by atoms with van der Waals surface area (Å²) in [6.07, 6.45) is 0. The number of hydrogen-bond donors (Lipinski definition) is 1. The standard InChI is InChI=1S/C19H16FN3O4/c1-11(2)22-18(24)16(12-3-9-15(10-4-12)23(26)27)17(19(22)25)21-14-7-5-13(20)6-8-14/h3-11,21H,1-2H3. The van der Waals surface area contributed by atoms with Gasteiger partial charge in [-0.2, -0.15) is 0 Å². The lowest BCUT2D eigenvalue weighted by atomic mass is 10.0. The lowest BCUT2D eigenvalue weighted by Crippen LogP contribution is -2.38. The molecule has 0 saturated carbocycles. The summed E-state index contributed by atoms with van der Waals surface area (Å²) >= 11 is 0. The third-order valence-corrected chi connectivity index (χ3v) is 4.11. The maximum absolute atomic E-state index is 13.1. The third-order valence-electron chi connectivity index (χ3n) is 4.11. The van der Waals surface area contributed by atoms with E-state index in [9.17, 15) is 24.1 Å². The molecule has 7 nitrogen and oxygen atoms in total. The van der Waals surface area contributed by atoms with E-state index in [1.54, 1.807) is 13.8 Å². The molecule has 2 aromatic rings. The van der Waals surface area contributed by atoms with E-state index >= 15 is 0 Å². The van der Waals surface area contributed by atoms with Crippen LogP contribution in [0.2, 0.25) is 0 Å². The van der Waals surface area contributed by atoms with Gasteiger partial charge in [-0.15, -0.1) is 0 Å². The summed E-state index contributed by atoms with van der Waals surface area (Å²) in [6, 6.07) is 10.4. The molecule has 1 N–H and O–H groups in total. The second-order valence-electron chi connectivity index (χ2n) is 6.26. The Hall–Kier alpha value is -3.55. The Morgan fingerprint density at radius 2 is 1.59 bits per heavy atom. The van der Waals surface area contributed by atoms with Crippen LogP contribution in [0, 0.1) is 15.9 Å². The summed E-state index contributed by atoms with van der Waals surface area (Å²) in [5, 5.41) is 13.7. The number of nitrogens with one attached hydrogen (secondary N) is 1. The molecular weight excluding hydrogens is 353 g/mol. The number of non-ortho nitro benzene ring substituents is 1. The Morgan fingerprint density at radius 3 is 2.11 bits per heavy atom. The Morgan fingerprint density at radius 1 is 1.00 bits per heavy atom. The van der Waals surface area contributed by atoms with Gasteiger partial charge >= 0.3 is 0 Å². The van der Waals surface area contributed by atoms with Gasteiger partial charge in [-0.25, -0.2) is 4.39 Å². The monoisotopic (exact) mass is 369 g/mol. The molecule has 0 unspecified atom stereocenters. The number of carbonyl (C=O) groups excluding carboxylic acids is 2. The molecule has 2 amide bonds. The van der Waals surface area contributed by atoms with E-state index in [0.717, 1.165) is 4.90 Å². The van der Waals surface area contributed by atoms with Crippen LogP contribution in [-0.4, -0.2) is 27.7 Å². The Labute approximate surface area is 154 Å². The molecule has 0 spiro atoms. The third kappa shape index (κ3) is 3.41. The molecule has 0 radical (unpaired) electrons. The average Bonchev–Trinajstić information content (AvgIpc) is 2.87. The zero-order valence-corrected chi connectivity index (χ0v) is 14.6. The highest BCUT2D eigenvalue weighted by atomic mass is 19.1. The maximum atomic E-state index is 13.1. The summed E-state index contributed by atoms with van der Waals surface area (Å²) in [5.74, 6) is -1.43. The Balaban J connectivity index is 2.08. The van der Waals surface area contributed by atoms with E-state index in [0.29, 0.717) is 11.3 Å². The van der Waals surface area contributed by atoms with Crippen molar-refractivity contribution in [2.75, 3.05) is 5.32 Å². The number of nitro benzene ring substituents is 1. The second kappa shape index (κ2) is 6.99. The molecule has 1 aliphatic rings. The van der Waals surface area contributed by atoms with Gasteiger partial charge in [-0.1, -0.05) is 0 Å². The van der Waals surface area contributed by atoms with Crippen molar-refractivity contribution >= 4 is 28.8 Å². The molecule has 0 aliphatic carbocycles. The van der Waals surface area contributed by atoms with Crippen molar-refractivity contribution in [3.8, 4) is 0 Å². The molecule has 0 atom stereocenters. The number of imide groups is 1. The van der Waals surface area contributed by atoms with Crippen LogP contribution in [0.5, 0.6) is 0 Å². The van der Waals surface area contributed by atoms with Crippen molar-refractivity contribution in [1.29, 1.82) is 0 Å². The highest BCUT2D eigenvalue weighted by molar-refractivity contribution is 6.36. The van der Waals surface area contributed by atoms with Gasteiger partial charge in [0, 0.05) is 23.9 Å². The van der Waals surface area contributed by atoms with Crippen LogP contribution >= 0.6 is 0 Å². The molecule has 0 bridgehead atoms. The smallest absolute Gasteiger partial charge is 0.278 e. The molecular formula is C19H16FN3O4. The van der Waals surface area contributed by atoms with Crippen LogP contribution in [0.15, 0.2) is 54.2 Å². The first kappa shape index (κ1) is 18.2. The fourth-order valence-corrected chi connectivity index (χ4v) is 2.83. The first-order valence-electron chi connectivity index (χ1n) is 8.19. The van der Waals surface area contributed by atoms with Crippen LogP contribution in [0.3, 0.4) is 0 Å². The van der Waals surface area contributed by atoms with Crippen molar-refractivity contribution in [2.24, 2.45) is 0 Å². The summed E-state index contributed by atoms with van der Waals surface area (Å²) in [7, 11) is 0. The number of amides is 2. The number of hydrogen-bond acceptors (Lipinski definition) is 5. The van der Waals surface area contributed by atoms with Crippen molar-refractivity contribution in [1.82, 2.24) is 4.90 Å². The molecule has 0 saturated heterocycles. The van der Waals surface area contributed by atoms with Crippen LogP contribution in [-0.2, 0) is 9.59 Å². The van der Waals surface area contributed by atoms with E-state index in [1.807, 2.05) is 0 Å². The molecule has 0 aromatic heterocycles. The lowest BCUT2D eigenvalue weighted by Gasteiger charge is -2.19. The van der Waals surface area contributed by atoms with Crippen LogP contribution in [0.1, 0.15) is 19.4 Å². The minimum Gasteiger partial charge on any atom is -0.350 e. The summed E-state index contributed by atoms with van der Waals surface area (Å²) in [6.45, 7) is 3.42. The van der Waals surface area contributed by atoms with Gasteiger partial charge in [0.1, 0.15) is 11.5 Å². The summed E-state index contributed by atoms with van der Waals surface area (Å²) in [4.78, 5) is 37.1. The Bertz CT molecular complexity index is 950. The minimum atomic E-state index is -0.544. The number of nitrogens with zero attached hydrogens (tertiary/aromatic N) is 2. The number of benzene rings is 2. The maximum Gasteiger partial charge on any atom is 0.278 e. The quantitative estimate of drug-likeness (QED) is 0.496. The molecule has 8 heteroatoms. The molecule has 2 aromatic carbocycles. The SMILES string of the molecule is CC(C)N1C(=O)C(Nc2ccc(F)cc2)=C(c2ccc([N+](=O)[O-])cc2)C1=O. The van der Waals surface area contributed by atoms with Crippen LogP contribution in [0.4, 0.5) is 15.8 Å². The Kier molecular flexibility index (Phi) is 4.72. The fourth-order valence-electron chi connectivity index (χ4n) is 2.83. The van der Waals surface area contributed by atoms with E-state index in [2.05, 4.69) is 5.32 Å². The summed E-state index contributed by atoms with van der Waals surface area (Å²) in [5.41, 5.74) is 0.872. The summed E-state index contributed by atoms with van der Waals surface area (Å²) < 4.78 is 13.1. The molecule has 0 fully saturated rings. The molecule has 1 heterocycles. The van der Waals surface area contributed by atoms with E-state index in [4.69, 9.17) is 0 Å². The molecule has 27 heavy (non-hydrogen) atoms. The zero-order valence-electron chi connectivity index (χ0n) is 14.6. The first-order chi connectivity index (χ1) is 12.8. The normalized spacial score (nSPS) is 14.3. The number of rotatable bonds is 5.